The lowest BCUT2D eigenvalue weighted by atomic mass is 10.1. The summed E-state index contributed by atoms with van der Waals surface area (Å²) < 4.78 is 44.3. The quantitative estimate of drug-likeness (QED) is 0.841. The molecule has 2 N–H and O–H groups in total. The van der Waals surface area contributed by atoms with Crippen molar-refractivity contribution in [2.24, 2.45) is 5.92 Å². The summed E-state index contributed by atoms with van der Waals surface area (Å²) in [5.41, 5.74) is 5.59. The number of nitrogens with zero attached hydrogens (tertiary/aromatic N) is 1. The third kappa shape index (κ3) is 3.05. The van der Waals surface area contributed by atoms with Gasteiger partial charge in [-0.1, -0.05) is 0 Å². The number of hydrogen-bond donors (Lipinski definition) is 1. The van der Waals surface area contributed by atoms with Crippen LogP contribution in [-0.4, -0.2) is 39.5 Å². The van der Waals surface area contributed by atoms with E-state index in [2.05, 4.69) is 0 Å². The van der Waals surface area contributed by atoms with E-state index in [1.54, 1.807) is 7.11 Å². The zero-order valence-electron chi connectivity index (χ0n) is 10.7. The molecule has 1 fully saturated rings. The van der Waals surface area contributed by atoms with Gasteiger partial charge < -0.3 is 10.5 Å². The lowest BCUT2D eigenvalue weighted by Gasteiger charge is -2.17. The van der Waals surface area contributed by atoms with Gasteiger partial charge in [0, 0.05) is 25.9 Å². The molecule has 19 heavy (non-hydrogen) atoms. The first-order chi connectivity index (χ1) is 8.93. The summed E-state index contributed by atoms with van der Waals surface area (Å²) in [6.45, 7) is 1.34. The fourth-order valence-electron chi connectivity index (χ4n) is 2.27. The van der Waals surface area contributed by atoms with Crippen LogP contribution in [0.3, 0.4) is 0 Å². The maximum Gasteiger partial charge on any atom is 0.243 e. The van der Waals surface area contributed by atoms with Crippen LogP contribution in [0.1, 0.15) is 6.42 Å². The molecule has 1 aliphatic rings. The third-order valence-corrected chi connectivity index (χ3v) is 5.03. The minimum absolute atomic E-state index is 0.0944. The molecule has 2 rings (SSSR count). The molecule has 0 radical (unpaired) electrons. The first kappa shape index (κ1) is 14.2. The van der Waals surface area contributed by atoms with E-state index in [0.717, 1.165) is 18.6 Å². The topological polar surface area (TPSA) is 72.6 Å². The van der Waals surface area contributed by atoms with Crippen molar-refractivity contribution in [1.29, 1.82) is 0 Å². The summed E-state index contributed by atoms with van der Waals surface area (Å²) in [7, 11) is -2.09. The molecular weight excluding hydrogens is 271 g/mol. The van der Waals surface area contributed by atoms with Crippen molar-refractivity contribution >= 4 is 15.7 Å². The number of anilines is 1. The van der Waals surface area contributed by atoms with Crippen LogP contribution in [0.25, 0.3) is 0 Å². The lowest BCUT2D eigenvalue weighted by Crippen LogP contribution is -2.29. The normalized spacial score (nSPS) is 20.8. The van der Waals surface area contributed by atoms with Gasteiger partial charge in [-0.25, -0.2) is 12.8 Å². The van der Waals surface area contributed by atoms with E-state index in [0.29, 0.717) is 19.7 Å². The first-order valence-electron chi connectivity index (χ1n) is 5.98. The van der Waals surface area contributed by atoms with Gasteiger partial charge in [-0.15, -0.1) is 0 Å². The van der Waals surface area contributed by atoms with Crippen molar-refractivity contribution in [3.05, 3.63) is 24.0 Å². The Balaban J connectivity index is 2.23. The van der Waals surface area contributed by atoms with Gasteiger partial charge in [0.15, 0.2) is 0 Å². The maximum atomic E-state index is 13.3. The van der Waals surface area contributed by atoms with Gasteiger partial charge in [0.1, 0.15) is 5.82 Å². The number of nitrogen functional groups attached to an aromatic ring is 1. The van der Waals surface area contributed by atoms with Gasteiger partial charge in [0.25, 0.3) is 0 Å². The lowest BCUT2D eigenvalue weighted by molar-refractivity contribution is 0.157. The number of nitrogens with two attached hydrogens (primary N) is 1. The number of methoxy groups -OCH3 is 1. The van der Waals surface area contributed by atoms with Crippen LogP contribution < -0.4 is 5.73 Å². The highest BCUT2D eigenvalue weighted by Crippen LogP contribution is 2.26. The molecule has 1 saturated heterocycles. The molecule has 1 atom stereocenters. The fraction of sp³-hybridized carbons (Fsp3) is 0.500. The highest BCUT2D eigenvalue weighted by molar-refractivity contribution is 7.89. The molecule has 0 spiro atoms. The zero-order valence-corrected chi connectivity index (χ0v) is 11.5. The molecule has 5 nitrogen and oxygen atoms in total. The van der Waals surface area contributed by atoms with Gasteiger partial charge in [-0.3, -0.25) is 0 Å². The molecule has 7 heteroatoms. The summed E-state index contributed by atoms with van der Waals surface area (Å²) in [5.74, 6) is -0.461. The maximum absolute atomic E-state index is 13.3. The van der Waals surface area contributed by atoms with Crippen molar-refractivity contribution in [1.82, 2.24) is 4.31 Å². The Hall–Kier alpha value is -1.18. The highest BCUT2D eigenvalue weighted by Gasteiger charge is 2.32. The summed E-state index contributed by atoms with van der Waals surface area (Å²) in [6, 6.07) is 3.37. The first-order valence-corrected chi connectivity index (χ1v) is 7.42. The number of halogens is 1. The van der Waals surface area contributed by atoms with Gasteiger partial charge in [-0.05, 0) is 30.5 Å². The largest absolute Gasteiger partial charge is 0.399 e. The second-order valence-corrected chi connectivity index (χ2v) is 6.63. The molecule has 0 bridgehead atoms. The van der Waals surface area contributed by atoms with Crippen LogP contribution in [0.4, 0.5) is 10.1 Å². The van der Waals surface area contributed by atoms with E-state index in [1.165, 1.54) is 10.4 Å². The molecule has 1 aromatic carbocycles. The van der Waals surface area contributed by atoms with Crippen LogP contribution >= 0.6 is 0 Å². The van der Waals surface area contributed by atoms with Crippen LogP contribution in [0.15, 0.2) is 23.1 Å². The average molecular weight is 288 g/mol. The zero-order chi connectivity index (χ0) is 14.0. The van der Waals surface area contributed by atoms with E-state index >= 15 is 0 Å². The van der Waals surface area contributed by atoms with Crippen LogP contribution in [0.5, 0.6) is 0 Å². The van der Waals surface area contributed by atoms with Gasteiger partial charge >= 0.3 is 0 Å². The summed E-state index contributed by atoms with van der Waals surface area (Å²) in [4.78, 5) is -0.0944. The second kappa shape index (κ2) is 5.44. The predicted molar refractivity (Wildman–Crippen MR) is 69.6 cm³/mol. The number of sulfonamides is 1. The Morgan fingerprint density at radius 1 is 1.47 bits per heavy atom. The minimum Gasteiger partial charge on any atom is -0.399 e. The molecular formula is C12H17FN2O3S. The molecule has 0 saturated carbocycles. The van der Waals surface area contributed by atoms with E-state index in [1.807, 2.05) is 0 Å². The Morgan fingerprint density at radius 2 is 2.21 bits per heavy atom. The Labute approximate surface area is 112 Å². The van der Waals surface area contributed by atoms with Gasteiger partial charge in [0.05, 0.1) is 11.5 Å². The number of rotatable bonds is 4. The van der Waals surface area contributed by atoms with Gasteiger partial charge in [0.2, 0.25) is 10.0 Å². The number of benzene rings is 1. The molecule has 1 aliphatic heterocycles. The van der Waals surface area contributed by atoms with Crippen LogP contribution in [0.2, 0.25) is 0 Å². The number of ether oxygens (including phenoxy) is 1. The smallest absolute Gasteiger partial charge is 0.243 e. The van der Waals surface area contributed by atoms with E-state index in [9.17, 15) is 12.8 Å². The standard InChI is InChI=1S/C12H17FN2O3S/c1-18-8-9-2-3-15(7-9)19(16,17)12-5-10(13)4-11(14)6-12/h4-6,9H,2-3,7-8,14H2,1H3. The summed E-state index contributed by atoms with van der Waals surface area (Å²) >= 11 is 0. The van der Waals surface area contributed by atoms with Gasteiger partial charge in [-0.2, -0.15) is 4.31 Å². The molecule has 0 aromatic heterocycles. The van der Waals surface area contributed by atoms with E-state index in [4.69, 9.17) is 10.5 Å². The van der Waals surface area contributed by atoms with Crippen LogP contribution in [-0.2, 0) is 14.8 Å². The van der Waals surface area contributed by atoms with E-state index in [-0.39, 0.29) is 16.5 Å². The molecule has 1 unspecified atom stereocenters. The summed E-state index contributed by atoms with van der Waals surface area (Å²) in [5, 5.41) is 0. The Bertz CT molecular complexity index is 542. The highest BCUT2D eigenvalue weighted by atomic mass is 32.2. The van der Waals surface area contributed by atoms with Crippen molar-refractivity contribution in [2.45, 2.75) is 11.3 Å². The SMILES string of the molecule is COCC1CCN(S(=O)(=O)c2cc(N)cc(F)c2)C1. The predicted octanol–water partition coefficient (Wildman–Crippen LogP) is 1.06. The monoisotopic (exact) mass is 288 g/mol. The number of hydrogen-bond acceptors (Lipinski definition) is 4. The van der Waals surface area contributed by atoms with Crippen molar-refractivity contribution in [2.75, 3.05) is 32.5 Å². The van der Waals surface area contributed by atoms with Crippen molar-refractivity contribution in [3.8, 4) is 0 Å². The van der Waals surface area contributed by atoms with Crippen molar-refractivity contribution < 1.29 is 17.5 Å². The average Bonchev–Trinajstić information content (AvgIpc) is 2.77. The molecule has 0 amide bonds. The fourth-order valence-corrected chi connectivity index (χ4v) is 3.87. The molecule has 106 valence electrons. The van der Waals surface area contributed by atoms with E-state index < -0.39 is 15.8 Å². The second-order valence-electron chi connectivity index (χ2n) is 4.69. The van der Waals surface area contributed by atoms with Crippen molar-refractivity contribution in [3.63, 3.8) is 0 Å². The third-order valence-electron chi connectivity index (χ3n) is 3.18. The van der Waals surface area contributed by atoms with Crippen LogP contribution in [0, 0.1) is 11.7 Å². The Kier molecular flexibility index (Phi) is 4.07. The minimum atomic E-state index is -3.68. The molecule has 1 heterocycles. The Morgan fingerprint density at radius 3 is 2.84 bits per heavy atom. The molecule has 1 aromatic rings. The molecule has 0 aliphatic carbocycles. The summed E-state index contributed by atoms with van der Waals surface area (Å²) in [6.07, 6.45) is 0.748.